The number of hydrogen-bond acceptors (Lipinski definition) is 5. The minimum atomic E-state index is -0.329. The summed E-state index contributed by atoms with van der Waals surface area (Å²) in [5, 5.41) is 11.6. The Morgan fingerprint density at radius 2 is 2.04 bits per heavy atom. The molecule has 2 rings (SSSR count). The molecule has 28 heavy (non-hydrogen) atoms. The standard InChI is InChI=1S/C19H24FN5O2S/c1-4-10-21-16(26)12-24(3)17(27)13-28-19-23-22-18(25(19)11-5-2)14-6-8-15(20)9-7-14/h5-9H,2,4,10-13H2,1,3H3,(H,21,26). The SMILES string of the molecule is C=CCn1c(SCC(=O)N(C)CC(=O)NCCC)nnc1-c1ccc(F)cc1. The lowest BCUT2D eigenvalue weighted by Crippen LogP contribution is -2.39. The summed E-state index contributed by atoms with van der Waals surface area (Å²) >= 11 is 1.23. The first-order valence-electron chi connectivity index (χ1n) is 8.89. The molecule has 150 valence electrons. The van der Waals surface area contributed by atoms with Gasteiger partial charge in [-0.3, -0.25) is 14.2 Å². The molecule has 0 atom stereocenters. The summed E-state index contributed by atoms with van der Waals surface area (Å²) < 4.78 is 15.0. The molecule has 0 aliphatic heterocycles. The molecule has 0 saturated carbocycles. The van der Waals surface area contributed by atoms with Gasteiger partial charge in [0.25, 0.3) is 0 Å². The van der Waals surface area contributed by atoms with E-state index in [0.717, 1.165) is 12.0 Å². The number of benzene rings is 1. The molecule has 1 N–H and O–H groups in total. The van der Waals surface area contributed by atoms with Crippen molar-refractivity contribution >= 4 is 23.6 Å². The van der Waals surface area contributed by atoms with Crippen LogP contribution in [0.25, 0.3) is 11.4 Å². The van der Waals surface area contributed by atoms with Crippen LogP contribution in [-0.4, -0.2) is 57.4 Å². The van der Waals surface area contributed by atoms with Crippen LogP contribution in [0.3, 0.4) is 0 Å². The van der Waals surface area contributed by atoms with Gasteiger partial charge < -0.3 is 10.2 Å². The van der Waals surface area contributed by atoms with Crippen LogP contribution in [0.1, 0.15) is 13.3 Å². The number of carbonyl (C=O) groups is 2. The van der Waals surface area contributed by atoms with Crippen molar-refractivity contribution in [2.24, 2.45) is 0 Å². The van der Waals surface area contributed by atoms with E-state index in [0.29, 0.717) is 24.1 Å². The molecule has 9 heteroatoms. The van der Waals surface area contributed by atoms with Gasteiger partial charge in [0.15, 0.2) is 11.0 Å². The zero-order valence-electron chi connectivity index (χ0n) is 16.0. The zero-order chi connectivity index (χ0) is 20.5. The molecule has 2 amide bonds. The highest BCUT2D eigenvalue weighted by Gasteiger charge is 2.17. The first-order chi connectivity index (χ1) is 13.5. The van der Waals surface area contributed by atoms with Crippen LogP contribution in [-0.2, 0) is 16.1 Å². The number of allylic oxidation sites excluding steroid dienone is 1. The van der Waals surface area contributed by atoms with E-state index in [1.807, 2.05) is 11.5 Å². The molecule has 0 fully saturated rings. The molecule has 1 aromatic heterocycles. The highest BCUT2D eigenvalue weighted by molar-refractivity contribution is 7.99. The normalized spacial score (nSPS) is 10.5. The van der Waals surface area contributed by atoms with Crippen LogP contribution >= 0.6 is 11.8 Å². The fourth-order valence-corrected chi connectivity index (χ4v) is 3.25. The van der Waals surface area contributed by atoms with Gasteiger partial charge in [0, 0.05) is 25.7 Å². The first kappa shape index (κ1) is 21.6. The van der Waals surface area contributed by atoms with Gasteiger partial charge in [0.05, 0.1) is 12.3 Å². The molecule has 7 nitrogen and oxygen atoms in total. The molecule has 2 aromatic rings. The summed E-state index contributed by atoms with van der Waals surface area (Å²) in [6.07, 6.45) is 2.54. The Kier molecular flexibility index (Phi) is 8.19. The monoisotopic (exact) mass is 405 g/mol. The Bertz CT molecular complexity index is 822. The van der Waals surface area contributed by atoms with Crippen molar-refractivity contribution in [1.29, 1.82) is 0 Å². The number of thioether (sulfide) groups is 1. The number of aromatic nitrogens is 3. The average Bonchev–Trinajstić information content (AvgIpc) is 3.08. The third-order valence-corrected chi connectivity index (χ3v) is 4.79. The molecule has 0 saturated heterocycles. The molecule has 1 aromatic carbocycles. The zero-order valence-corrected chi connectivity index (χ0v) is 16.8. The van der Waals surface area contributed by atoms with E-state index < -0.39 is 0 Å². The minimum Gasteiger partial charge on any atom is -0.355 e. The lowest BCUT2D eigenvalue weighted by atomic mass is 10.2. The number of carbonyl (C=O) groups excluding carboxylic acids is 2. The largest absolute Gasteiger partial charge is 0.355 e. The molecular weight excluding hydrogens is 381 g/mol. The summed E-state index contributed by atoms with van der Waals surface area (Å²) in [6, 6.07) is 5.97. The van der Waals surface area contributed by atoms with E-state index in [-0.39, 0.29) is 29.9 Å². The highest BCUT2D eigenvalue weighted by Crippen LogP contribution is 2.24. The van der Waals surface area contributed by atoms with E-state index in [1.165, 1.54) is 28.8 Å². The maximum absolute atomic E-state index is 13.2. The van der Waals surface area contributed by atoms with Crippen molar-refractivity contribution in [2.75, 3.05) is 25.9 Å². The number of hydrogen-bond donors (Lipinski definition) is 1. The number of rotatable bonds is 10. The smallest absolute Gasteiger partial charge is 0.239 e. The molecule has 0 spiro atoms. The third kappa shape index (κ3) is 5.91. The molecule has 0 unspecified atom stereocenters. The topological polar surface area (TPSA) is 80.1 Å². The predicted molar refractivity (Wildman–Crippen MR) is 107 cm³/mol. The van der Waals surface area contributed by atoms with Crippen LogP contribution < -0.4 is 5.32 Å². The quantitative estimate of drug-likeness (QED) is 0.485. The second kappa shape index (κ2) is 10.6. The van der Waals surface area contributed by atoms with E-state index in [4.69, 9.17) is 0 Å². The number of nitrogens with zero attached hydrogens (tertiary/aromatic N) is 4. The molecular formula is C19H24FN5O2S. The van der Waals surface area contributed by atoms with Gasteiger partial charge in [-0.05, 0) is 30.7 Å². The fourth-order valence-electron chi connectivity index (χ4n) is 2.36. The third-order valence-electron chi connectivity index (χ3n) is 3.83. The van der Waals surface area contributed by atoms with Crippen LogP contribution in [0.5, 0.6) is 0 Å². The van der Waals surface area contributed by atoms with Crippen LogP contribution in [0.4, 0.5) is 4.39 Å². The van der Waals surface area contributed by atoms with Gasteiger partial charge in [-0.2, -0.15) is 0 Å². The van der Waals surface area contributed by atoms with E-state index >= 15 is 0 Å². The second-order valence-corrected chi connectivity index (χ2v) is 7.04. The summed E-state index contributed by atoms with van der Waals surface area (Å²) in [6.45, 7) is 6.76. The lowest BCUT2D eigenvalue weighted by molar-refractivity contribution is -0.132. The van der Waals surface area contributed by atoms with E-state index in [9.17, 15) is 14.0 Å². The van der Waals surface area contributed by atoms with Crippen molar-refractivity contribution in [2.45, 2.75) is 25.0 Å². The summed E-state index contributed by atoms with van der Waals surface area (Å²) in [5.41, 5.74) is 0.721. The first-order valence-corrected chi connectivity index (χ1v) is 9.88. The number of halogens is 1. The van der Waals surface area contributed by atoms with Crippen LogP contribution in [0, 0.1) is 5.82 Å². The molecule has 0 bridgehead atoms. The Morgan fingerprint density at radius 3 is 2.68 bits per heavy atom. The van der Waals surface area contributed by atoms with Crippen molar-refractivity contribution in [3.63, 3.8) is 0 Å². The highest BCUT2D eigenvalue weighted by atomic mass is 32.2. The maximum atomic E-state index is 13.2. The second-order valence-electron chi connectivity index (χ2n) is 6.10. The van der Waals surface area contributed by atoms with E-state index in [2.05, 4.69) is 22.1 Å². The molecule has 0 aliphatic carbocycles. The summed E-state index contributed by atoms with van der Waals surface area (Å²) in [5.74, 6) is -0.00729. The van der Waals surface area contributed by atoms with Gasteiger partial charge in [-0.15, -0.1) is 16.8 Å². The Morgan fingerprint density at radius 1 is 1.32 bits per heavy atom. The lowest BCUT2D eigenvalue weighted by Gasteiger charge is -2.16. The molecule has 1 heterocycles. The van der Waals surface area contributed by atoms with Gasteiger partial charge in [0.2, 0.25) is 11.8 Å². The van der Waals surface area contributed by atoms with Gasteiger partial charge in [-0.25, -0.2) is 4.39 Å². The fraction of sp³-hybridized carbons (Fsp3) is 0.368. The van der Waals surface area contributed by atoms with Crippen molar-refractivity contribution < 1.29 is 14.0 Å². The van der Waals surface area contributed by atoms with Gasteiger partial charge >= 0.3 is 0 Å². The summed E-state index contributed by atoms with van der Waals surface area (Å²) in [4.78, 5) is 25.4. The van der Waals surface area contributed by atoms with Crippen molar-refractivity contribution in [3.05, 3.63) is 42.7 Å². The van der Waals surface area contributed by atoms with E-state index in [1.54, 1.807) is 25.3 Å². The van der Waals surface area contributed by atoms with Crippen molar-refractivity contribution in [1.82, 2.24) is 25.0 Å². The number of likely N-dealkylation sites (N-methyl/N-ethyl adjacent to an activating group) is 1. The van der Waals surface area contributed by atoms with Gasteiger partial charge in [-0.1, -0.05) is 24.8 Å². The number of amides is 2. The van der Waals surface area contributed by atoms with Gasteiger partial charge in [0.1, 0.15) is 5.82 Å². The Labute approximate surface area is 168 Å². The van der Waals surface area contributed by atoms with Crippen LogP contribution in [0.15, 0.2) is 42.1 Å². The average molecular weight is 405 g/mol. The minimum absolute atomic E-state index is 0.0135. The van der Waals surface area contributed by atoms with Crippen LogP contribution in [0.2, 0.25) is 0 Å². The molecule has 0 radical (unpaired) electrons. The number of nitrogens with one attached hydrogen (secondary N) is 1. The predicted octanol–water partition coefficient (Wildman–Crippen LogP) is 2.35. The Hall–Kier alpha value is -2.68. The Balaban J connectivity index is 2.03. The maximum Gasteiger partial charge on any atom is 0.239 e. The summed E-state index contributed by atoms with van der Waals surface area (Å²) in [7, 11) is 1.59. The molecule has 0 aliphatic rings. The van der Waals surface area contributed by atoms with Crippen molar-refractivity contribution in [3.8, 4) is 11.4 Å².